The number of aliphatic hydroxyl groups excluding tert-OH is 4. The molecule has 0 aliphatic rings. The van der Waals surface area contributed by atoms with Gasteiger partial charge in [0.15, 0.2) is 0 Å². The summed E-state index contributed by atoms with van der Waals surface area (Å²) in [5.41, 5.74) is 0. The van der Waals surface area contributed by atoms with E-state index in [4.69, 9.17) is 20.1 Å². The monoisotopic (exact) mass is 390 g/mol. The van der Waals surface area contributed by atoms with Gasteiger partial charge in [0.2, 0.25) is 0 Å². The molecule has 0 heterocycles. The first-order chi connectivity index (χ1) is 13.1. The van der Waals surface area contributed by atoms with Gasteiger partial charge in [-0.05, 0) is 25.7 Å². The van der Waals surface area contributed by atoms with Crippen LogP contribution >= 0.6 is 0 Å². The SMILES string of the molecule is O=C(CCCCCCCCC(O)CCCCCCCCO)OC[C@H](O)CO. The molecule has 0 aliphatic carbocycles. The maximum Gasteiger partial charge on any atom is 0.305 e. The lowest BCUT2D eigenvalue weighted by Gasteiger charge is -2.10. The van der Waals surface area contributed by atoms with Gasteiger partial charge in [-0.3, -0.25) is 4.79 Å². The summed E-state index contributed by atoms with van der Waals surface area (Å²) in [6, 6.07) is 0. The Hall–Kier alpha value is -0.690. The van der Waals surface area contributed by atoms with E-state index in [0.29, 0.717) is 13.0 Å². The first kappa shape index (κ1) is 26.3. The van der Waals surface area contributed by atoms with Gasteiger partial charge < -0.3 is 25.2 Å². The van der Waals surface area contributed by atoms with E-state index < -0.39 is 12.7 Å². The highest BCUT2D eigenvalue weighted by atomic mass is 16.5. The summed E-state index contributed by atoms with van der Waals surface area (Å²) in [5.74, 6) is -0.320. The third-order valence-corrected chi connectivity index (χ3v) is 4.76. The van der Waals surface area contributed by atoms with Crippen LogP contribution in [0.3, 0.4) is 0 Å². The molecule has 6 heteroatoms. The molecule has 0 aromatic heterocycles. The van der Waals surface area contributed by atoms with E-state index in [-0.39, 0.29) is 18.7 Å². The minimum atomic E-state index is -0.985. The van der Waals surface area contributed by atoms with Crippen LogP contribution in [0.4, 0.5) is 0 Å². The summed E-state index contributed by atoms with van der Waals surface area (Å²) in [7, 11) is 0. The van der Waals surface area contributed by atoms with Gasteiger partial charge in [0.25, 0.3) is 0 Å². The number of ether oxygens (including phenoxy) is 1. The van der Waals surface area contributed by atoms with Gasteiger partial charge in [0.05, 0.1) is 12.7 Å². The molecule has 0 amide bonds. The summed E-state index contributed by atoms with van der Waals surface area (Å²) in [5, 5.41) is 36.4. The van der Waals surface area contributed by atoms with Crippen molar-refractivity contribution in [3.05, 3.63) is 0 Å². The predicted octanol–water partition coefficient (Wildman–Crippen LogP) is 3.09. The van der Waals surface area contributed by atoms with Gasteiger partial charge in [-0.2, -0.15) is 0 Å². The molecule has 0 saturated heterocycles. The molecule has 4 N–H and O–H groups in total. The van der Waals surface area contributed by atoms with Gasteiger partial charge in [-0.15, -0.1) is 0 Å². The lowest BCUT2D eigenvalue weighted by Crippen LogP contribution is -2.21. The lowest BCUT2D eigenvalue weighted by atomic mass is 10.0. The van der Waals surface area contributed by atoms with Crippen LogP contribution in [-0.4, -0.2) is 58.4 Å². The number of aliphatic hydroxyl groups is 4. The van der Waals surface area contributed by atoms with Gasteiger partial charge in [-0.25, -0.2) is 0 Å². The number of hydrogen-bond acceptors (Lipinski definition) is 6. The van der Waals surface area contributed by atoms with Gasteiger partial charge in [0, 0.05) is 13.0 Å². The summed E-state index contributed by atoms with van der Waals surface area (Å²) in [6.07, 6.45) is 13.8. The van der Waals surface area contributed by atoms with Crippen LogP contribution in [0.5, 0.6) is 0 Å². The first-order valence-electron chi connectivity index (χ1n) is 10.8. The maximum absolute atomic E-state index is 11.4. The molecule has 0 bridgehead atoms. The third kappa shape index (κ3) is 19.9. The smallest absolute Gasteiger partial charge is 0.305 e. The van der Waals surface area contributed by atoms with E-state index in [1.807, 2.05) is 0 Å². The molecular weight excluding hydrogens is 348 g/mol. The van der Waals surface area contributed by atoms with E-state index in [1.165, 1.54) is 19.3 Å². The van der Waals surface area contributed by atoms with E-state index in [9.17, 15) is 9.90 Å². The topological polar surface area (TPSA) is 107 Å². The predicted molar refractivity (Wildman–Crippen MR) is 106 cm³/mol. The Bertz CT molecular complexity index is 324. The van der Waals surface area contributed by atoms with Crippen LogP contribution in [-0.2, 0) is 9.53 Å². The zero-order chi connectivity index (χ0) is 20.2. The molecule has 27 heavy (non-hydrogen) atoms. The van der Waals surface area contributed by atoms with Crippen LogP contribution in [0.1, 0.15) is 96.3 Å². The van der Waals surface area contributed by atoms with Crippen molar-refractivity contribution in [1.29, 1.82) is 0 Å². The fourth-order valence-corrected chi connectivity index (χ4v) is 3.01. The number of hydrogen-bond donors (Lipinski definition) is 4. The number of carbonyl (C=O) groups is 1. The zero-order valence-corrected chi connectivity index (χ0v) is 17.0. The van der Waals surface area contributed by atoms with Crippen LogP contribution in [0, 0.1) is 0 Å². The van der Waals surface area contributed by atoms with Crippen molar-refractivity contribution in [3.8, 4) is 0 Å². The summed E-state index contributed by atoms with van der Waals surface area (Å²) in [4.78, 5) is 11.4. The Morgan fingerprint density at radius 1 is 0.667 bits per heavy atom. The quantitative estimate of drug-likeness (QED) is 0.188. The molecule has 1 unspecified atom stereocenters. The second kappa shape index (κ2) is 20.1. The molecule has 0 rings (SSSR count). The minimum Gasteiger partial charge on any atom is -0.463 e. The fraction of sp³-hybridized carbons (Fsp3) is 0.952. The lowest BCUT2D eigenvalue weighted by molar-refractivity contribution is -0.147. The molecule has 0 spiro atoms. The molecule has 0 aliphatic heterocycles. The number of unbranched alkanes of at least 4 members (excludes halogenated alkanes) is 10. The van der Waals surface area contributed by atoms with Crippen molar-refractivity contribution < 1.29 is 30.0 Å². The van der Waals surface area contributed by atoms with E-state index in [1.54, 1.807) is 0 Å². The molecule has 162 valence electrons. The van der Waals surface area contributed by atoms with Crippen molar-refractivity contribution in [1.82, 2.24) is 0 Å². The highest BCUT2D eigenvalue weighted by molar-refractivity contribution is 5.69. The Morgan fingerprint density at radius 3 is 1.67 bits per heavy atom. The Balaban J connectivity index is 3.28. The maximum atomic E-state index is 11.4. The highest BCUT2D eigenvalue weighted by Crippen LogP contribution is 2.14. The van der Waals surface area contributed by atoms with E-state index >= 15 is 0 Å². The molecular formula is C21H42O6. The van der Waals surface area contributed by atoms with Gasteiger partial charge >= 0.3 is 5.97 Å². The average Bonchev–Trinajstić information content (AvgIpc) is 2.67. The minimum absolute atomic E-state index is 0.138. The number of esters is 1. The largest absolute Gasteiger partial charge is 0.463 e. The first-order valence-corrected chi connectivity index (χ1v) is 10.8. The summed E-state index contributed by atoms with van der Waals surface area (Å²) in [6.45, 7) is -0.240. The molecule has 0 aromatic rings. The van der Waals surface area contributed by atoms with Crippen molar-refractivity contribution in [3.63, 3.8) is 0 Å². The second-order valence-corrected chi connectivity index (χ2v) is 7.47. The Kier molecular flexibility index (Phi) is 19.5. The van der Waals surface area contributed by atoms with E-state index in [0.717, 1.165) is 70.6 Å². The summed E-state index contributed by atoms with van der Waals surface area (Å²) < 4.78 is 4.84. The second-order valence-electron chi connectivity index (χ2n) is 7.47. The van der Waals surface area contributed by atoms with Crippen LogP contribution in [0.2, 0.25) is 0 Å². The third-order valence-electron chi connectivity index (χ3n) is 4.76. The molecule has 0 saturated carbocycles. The zero-order valence-electron chi connectivity index (χ0n) is 17.0. The number of rotatable bonds is 20. The Labute approximate surface area is 164 Å². The number of carbonyl (C=O) groups excluding carboxylic acids is 1. The molecule has 0 fully saturated rings. The standard InChI is InChI=1S/C21H42O6/c22-16-12-8-4-3-6-10-14-19(24)13-9-5-1-2-7-11-15-21(26)27-18-20(25)17-23/h19-20,22-25H,1-18H2/t19?,20-/m1/s1. The van der Waals surface area contributed by atoms with Crippen molar-refractivity contribution in [2.24, 2.45) is 0 Å². The van der Waals surface area contributed by atoms with Crippen LogP contribution < -0.4 is 0 Å². The molecule has 0 aromatic carbocycles. The van der Waals surface area contributed by atoms with Crippen LogP contribution in [0.25, 0.3) is 0 Å². The fourth-order valence-electron chi connectivity index (χ4n) is 3.01. The molecule has 0 radical (unpaired) electrons. The van der Waals surface area contributed by atoms with Gasteiger partial charge in [-0.1, -0.05) is 64.2 Å². The van der Waals surface area contributed by atoms with E-state index in [2.05, 4.69) is 0 Å². The molecule has 6 nitrogen and oxygen atoms in total. The normalized spacial score (nSPS) is 13.5. The van der Waals surface area contributed by atoms with Crippen LogP contribution in [0.15, 0.2) is 0 Å². The highest BCUT2D eigenvalue weighted by Gasteiger charge is 2.07. The Morgan fingerprint density at radius 2 is 1.15 bits per heavy atom. The average molecular weight is 391 g/mol. The van der Waals surface area contributed by atoms with Crippen molar-refractivity contribution in [2.75, 3.05) is 19.8 Å². The summed E-state index contributed by atoms with van der Waals surface area (Å²) >= 11 is 0. The van der Waals surface area contributed by atoms with Crippen molar-refractivity contribution in [2.45, 2.75) is 109 Å². The van der Waals surface area contributed by atoms with Crippen molar-refractivity contribution >= 4 is 5.97 Å². The molecule has 2 atom stereocenters. The van der Waals surface area contributed by atoms with Gasteiger partial charge in [0.1, 0.15) is 12.7 Å².